The predicted octanol–water partition coefficient (Wildman–Crippen LogP) is 5.34. The zero-order valence-electron chi connectivity index (χ0n) is 11.4. The Morgan fingerprint density at radius 3 is 2.27 bits per heavy atom. The van der Waals surface area contributed by atoms with E-state index in [2.05, 4.69) is 0 Å². The Kier molecular flexibility index (Phi) is 3.45. The van der Waals surface area contributed by atoms with E-state index in [0.717, 1.165) is 22.9 Å². The van der Waals surface area contributed by atoms with Gasteiger partial charge in [-0.05, 0) is 34.0 Å². The van der Waals surface area contributed by atoms with Gasteiger partial charge in [-0.1, -0.05) is 48.5 Å². The highest BCUT2D eigenvalue weighted by Gasteiger charge is 2.31. The van der Waals surface area contributed by atoms with Crippen LogP contribution in [0, 0.1) is 0 Å². The van der Waals surface area contributed by atoms with E-state index in [0.29, 0.717) is 17.4 Å². The lowest BCUT2D eigenvalue weighted by atomic mass is 9.93. The average molecular weight is 300 g/mol. The van der Waals surface area contributed by atoms with Crippen LogP contribution in [0.1, 0.15) is 15.9 Å². The maximum Gasteiger partial charge on any atom is 0.416 e. The van der Waals surface area contributed by atoms with Crippen LogP contribution in [0.4, 0.5) is 13.2 Å². The van der Waals surface area contributed by atoms with Crippen molar-refractivity contribution in [2.45, 2.75) is 6.18 Å². The molecule has 0 unspecified atom stereocenters. The van der Waals surface area contributed by atoms with Crippen LogP contribution >= 0.6 is 0 Å². The van der Waals surface area contributed by atoms with E-state index in [1.54, 1.807) is 12.1 Å². The molecule has 0 aromatic heterocycles. The molecule has 0 aliphatic rings. The van der Waals surface area contributed by atoms with E-state index in [1.165, 1.54) is 6.07 Å². The second kappa shape index (κ2) is 5.30. The number of rotatable bonds is 2. The molecule has 0 N–H and O–H groups in total. The zero-order chi connectivity index (χ0) is 15.7. The number of halogens is 3. The molecule has 0 saturated heterocycles. The highest BCUT2D eigenvalue weighted by atomic mass is 19.4. The lowest BCUT2D eigenvalue weighted by Gasteiger charge is -2.13. The van der Waals surface area contributed by atoms with Crippen molar-refractivity contribution in [3.63, 3.8) is 0 Å². The molecule has 4 heteroatoms. The van der Waals surface area contributed by atoms with Gasteiger partial charge in [-0.25, -0.2) is 0 Å². The largest absolute Gasteiger partial charge is 0.416 e. The molecule has 3 aromatic rings. The molecule has 3 rings (SSSR count). The summed E-state index contributed by atoms with van der Waals surface area (Å²) in [6, 6.07) is 16.0. The lowest BCUT2D eigenvalue weighted by molar-refractivity contribution is -0.137. The van der Waals surface area contributed by atoms with E-state index >= 15 is 0 Å². The van der Waals surface area contributed by atoms with Crippen molar-refractivity contribution in [2.24, 2.45) is 0 Å². The predicted molar refractivity (Wildman–Crippen MR) is 79.8 cm³/mol. The Bertz CT molecular complexity index is 845. The number of alkyl halides is 3. The van der Waals surface area contributed by atoms with Gasteiger partial charge in [0.05, 0.1) is 5.56 Å². The molecule has 0 spiro atoms. The van der Waals surface area contributed by atoms with E-state index in [-0.39, 0.29) is 5.56 Å². The molecule has 0 heterocycles. The Labute approximate surface area is 125 Å². The second-order valence-corrected chi connectivity index (χ2v) is 4.94. The highest BCUT2D eigenvalue weighted by molar-refractivity contribution is 6.00. The first-order valence-corrected chi connectivity index (χ1v) is 6.65. The molecule has 0 atom stereocenters. The molecule has 0 aliphatic carbocycles. The first-order chi connectivity index (χ1) is 10.5. The molecule has 0 bridgehead atoms. The smallest absolute Gasteiger partial charge is 0.298 e. The van der Waals surface area contributed by atoms with Crippen molar-refractivity contribution in [1.82, 2.24) is 0 Å². The summed E-state index contributed by atoms with van der Waals surface area (Å²) in [4.78, 5) is 11.2. The first-order valence-electron chi connectivity index (χ1n) is 6.65. The van der Waals surface area contributed by atoms with Gasteiger partial charge in [-0.2, -0.15) is 13.2 Å². The summed E-state index contributed by atoms with van der Waals surface area (Å²) in [5, 5.41) is 1.72. The van der Waals surface area contributed by atoms with Gasteiger partial charge in [0, 0.05) is 5.56 Å². The van der Waals surface area contributed by atoms with E-state index < -0.39 is 11.7 Å². The number of carbonyl (C=O) groups excluding carboxylic acids is 1. The van der Waals surface area contributed by atoms with Gasteiger partial charge in [-0.15, -0.1) is 0 Å². The number of hydrogen-bond donors (Lipinski definition) is 0. The summed E-state index contributed by atoms with van der Waals surface area (Å²) in [6.45, 7) is 0. The number of hydrogen-bond acceptors (Lipinski definition) is 1. The third kappa shape index (κ3) is 2.48. The van der Waals surface area contributed by atoms with Crippen molar-refractivity contribution < 1.29 is 18.0 Å². The monoisotopic (exact) mass is 300 g/mol. The number of aldehydes is 1. The maximum atomic E-state index is 12.9. The fraction of sp³-hybridized carbons (Fsp3) is 0.0556. The Hall–Kier alpha value is -2.62. The summed E-state index contributed by atoms with van der Waals surface area (Å²) in [5.74, 6) is 0. The fourth-order valence-electron chi connectivity index (χ4n) is 2.53. The van der Waals surface area contributed by atoms with Crippen molar-refractivity contribution in [3.8, 4) is 11.1 Å². The molecule has 3 aromatic carbocycles. The fourth-order valence-corrected chi connectivity index (χ4v) is 2.53. The van der Waals surface area contributed by atoms with Crippen molar-refractivity contribution in [3.05, 3.63) is 71.8 Å². The first kappa shape index (κ1) is 14.3. The Morgan fingerprint density at radius 1 is 0.818 bits per heavy atom. The van der Waals surface area contributed by atoms with Crippen molar-refractivity contribution in [2.75, 3.05) is 0 Å². The average Bonchev–Trinajstić information content (AvgIpc) is 2.53. The normalized spacial score (nSPS) is 11.6. The Morgan fingerprint density at radius 2 is 1.55 bits per heavy atom. The summed E-state index contributed by atoms with van der Waals surface area (Å²) in [7, 11) is 0. The van der Waals surface area contributed by atoms with Crippen LogP contribution < -0.4 is 0 Å². The number of benzene rings is 3. The van der Waals surface area contributed by atoms with E-state index in [4.69, 9.17) is 0 Å². The summed E-state index contributed by atoms with van der Waals surface area (Å²) >= 11 is 0. The van der Waals surface area contributed by atoms with Crippen LogP contribution in [0.25, 0.3) is 21.9 Å². The van der Waals surface area contributed by atoms with Gasteiger partial charge in [0.25, 0.3) is 0 Å². The molecular weight excluding hydrogens is 289 g/mol. The minimum Gasteiger partial charge on any atom is -0.298 e. The van der Waals surface area contributed by atoms with Gasteiger partial charge < -0.3 is 0 Å². The number of carbonyl (C=O) groups is 1. The number of fused-ring (bicyclic) bond motifs is 1. The minimum absolute atomic E-state index is 0.240. The lowest BCUT2D eigenvalue weighted by Crippen LogP contribution is -2.05. The third-order valence-corrected chi connectivity index (χ3v) is 3.59. The zero-order valence-corrected chi connectivity index (χ0v) is 11.4. The van der Waals surface area contributed by atoms with Gasteiger partial charge >= 0.3 is 6.18 Å². The SMILES string of the molecule is O=Cc1ccc(C(F)(F)F)cc1-c1cccc2ccccc12. The summed E-state index contributed by atoms with van der Waals surface area (Å²) < 4.78 is 38.8. The van der Waals surface area contributed by atoms with Crippen LogP contribution in [0.3, 0.4) is 0 Å². The van der Waals surface area contributed by atoms with E-state index in [9.17, 15) is 18.0 Å². The summed E-state index contributed by atoms with van der Waals surface area (Å²) in [6.07, 6.45) is -3.86. The van der Waals surface area contributed by atoms with E-state index in [1.807, 2.05) is 30.3 Å². The van der Waals surface area contributed by atoms with Gasteiger partial charge in [-0.3, -0.25) is 4.79 Å². The molecule has 0 aliphatic heterocycles. The maximum absolute atomic E-state index is 12.9. The van der Waals surface area contributed by atoms with Crippen LogP contribution in [0.15, 0.2) is 60.7 Å². The summed E-state index contributed by atoms with van der Waals surface area (Å²) in [5.41, 5.74) is 0.387. The molecule has 0 amide bonds. The van der Waals surface area contributed by atoms with Crippen molar-refractivity contribution >= 4 is 17.1 Å². The molecule has 22 heavy (non-hydrogen) atoms. The van der Waals surface area contributed by atoms with Gasteiger partial charge in [0.2, 0.25) is 0 Å². The molecular formula is C18H11F3O. The topological polar surface area (TPSA) is 17.1 Å². The van der Waals surface area contributed by atoms with Crippen LogP contribution in [-0.4, -0.2) is 6.29 Å². The Balaban J connectivity index is 2.32. The van der Waals surface area contributed by atoms with Crippen LogP contribution in [0.2, 0.25) is 0 Å². The van der Waals surface area contributed by atoms with Crippen LogP contribution in [0.5, 0.6) is 0 Å². The highest BCUT2D eigenvalue weighted by Crippen LogP contribution is 2.36. The molecule has 0 saturated carbocycles. The third-order valence-electron chi connectivity index (χ3n) is 3.59. The molecule has 110 valence electrons. The molecule has 0 fully saturated rings. The van der Waals surface area contributed by atoms with Gasteiger partial charge in [0.1, 0.15) is 0 Å². The van der Waals surface area contributed by atoms with Gasteiger partial charge in [0.15, 0.2) is 6.29 Å². The minimum atomic E-state index is -4.44. The molecule has 0 radical (unpaired) electrons. The van der Waals surface area contributed by atoms with Crippen LogP contribution in [-0.2, 0) is 6.18 Å². The standard InChI is InChI=1S/C18H11F3O/c19-18(20,21)14-9-8-13(11-22)17(10-14)16-7-3-5-12-4-1-2-6-15(12)16/h1-11H. The van der Waals surface area contributed by atoms with Crippen molar-refractivity contribution in [1.29, 1.82) is 0 Å². The quantitative estimate of drug-likeness (QED) is 0.584. The molecule has 1 nitrogen and oxygen atoms in total. The second-order valence-electron chi connectivity index (χ2n) is 4.94.